The Kier molecular flexibility index (Phi) is 6.58. The molecule has 1 spiro atoms. The average Bonchev–Trinajstić information content (AvgIpc) is 2.93. The van der Waals surface area contributed by atoms with E-state index in [-0.39, 0.29) is 30.2 Å². The lowest BCUT2D eigenvalue weighted by Gasteiger charge is -2.35. The van der Waals surface area contributed by atoms with E-state index in [9.17, 15) is 18.8 Å². The molecule has 0 aromatic heterocycles. The summed E-state index contributed by atoms with van der Waals surface area (Å²) in [5.41, 5.74) is 0.0123. The first-order valence-electron chi connectivity index (χ1n) is 11.7. The number of carbonyl (C=O) groups is 3. The van der Waals surface area contributed by atoms with Crippen LogP contribution in [0.5, 0.6) is 0 Å². The van der Waals surface area contributed by atoms with Crippen LogP contribution in [0, 0.1) is 5.82 Å². The van der Waals surface area contributed by atoms with Gasteiger partial charge in [0.25, 0.3) is 5.91 Å². The van der Waals surface area contributed by atoms with E-state index in [1.165, 1.54) is 12.1 Å². The van der Waals surface area contributed by atoms with Gasteiger partial charge in [-0.2, -0.15) is 0 Å². The van der Waals surface area contributed by atoms with Crippen molar-refractivity contribution in [3.05, 3.63) is 35.6 Å². The van der Waals surface area contributed by atoms with Gasteiger partial charge >= 0.3 is 6.03 Å². The molecule has 1 heterocycles. The molecule has 31 heavy (non-hydrogen) atoms. The first kappa shape index (κ1) is 21.8. The molecular weight excluding hydrogens is 397 g/mol. The number of halogens is 1. The number of rotatable bonds is 5. The number of hydrogen-bond acceptors (Lipinski definition) is 3. The third-order valence-corrected chi connectivity index (χ3v) is 7.10. The second-order valence-electron chi connectivity index (χ2n) is 9.26. The molecule has 4 amide bonds. The van der Waals surface area contributed by atoms with E-state index in [0.717, 1.165) is 68.3 Å². The molecule has 0 atom stereocenters. The Morgan fingerprint density at radius 2 is 1.61 bits per heavy atom. The van der Waals surface area contributed by atoms with E-state index in [2.05, 4.69) is 5.32 Å². The Bertz CT molecular complexity index is 812. The van der Waals surface area contributed by atoms with Gasteiger partial charge in [0, 0.05) is 12.6 Å². The smallest absolute Gasteiger partial charge is 0.325 e. The Morgan fingerprint density at radius 1 is 1.00 bits per heavy atom. The maximum absolute atomic E-state index is 13.4. The summed E-state index contributed by atoms with van der Waals surface area (Å²) in [7, 11) is 0. The Labute approximate surface area is 183 Å². The van der Waals surface area contributed by atoms with Crippen molar-refractivity contribution in [3.63, 3.8) is 0 Å². The third kappa shape index (κ3) is 4.75. The molecule has 1 aromatic rings. The molecule has 1 saturated heterocycles. The number of amides is 4. The predicted octanol–water partition coefficient (Wildman–Crippen LogP) is 4.13. The highest BCUT2D eigenvalue weighted by molar-refractivity contribution is 6.09. The van der Waals surface area contributed by atoms with E-state index in [1.807, 2.05) is 0 Å². The van der Waals surface area contributed by atoms with Gasteiger partial charge in [-0.25, -0.2) is 9.18 Å². The summed E-state index contributed by atoms with van der Waals surface area (Å²) in [5.74, 6) is -0.782. The fourth-order valence-corrected chi connectivity index (χ4v) is 5.32. The summed E-state index contributed by atoms with van der Waals surface area (Å²) < 4.78 is 13.3. The van der Waals surface area contributed by atoms with E-state index >= 15 is 0 Å². The number of imide groups is 1. The number of benzene rings is 1. The standard InChI is InChI=1S/C24H32FN3O3/c25-19-12-10-18(11-13-19)16-27(20-8-4-3-5-9-20)21(29)17-28-22(30)24(26-23(28)31)14-6-1-2-7-15-24/h10-13,20H,1-9,14-17H2,(H,26,31). The van der Waals surface area contributed by atoms with Gasteiger partial charge in [0.2, 0.25) is 5.91 Å². The fraction of sp³-hybridized carbons (Fsp3) is 0.625. The quantitative estimate of drug-likeness (QED) is 0.716. The largest absolute Gasteiger partial charge is 0.334 e. The van der Waals surface area contributed by atoms with E-state index in [1.54, 1.807) is 17.0 Å². The van der Waals surface area contributed by atoms with Crippen molar-refractivity contribution in [1.82, 2.24) is 15.1 Å². The van der Waals surface area contributed by atoms with Crippen LogP contribution in [-0.2, 0) is 16.1 Å². The Hall–Kier alpha value is -2.44. The SMILES string of the molecule is O=C1NC2(CCCCCC2)C(=O)N1CC(=O)N(Cc1ccc(F)cc1)C1CCCCC1. The number of nitrogens with zero attached hydrogens (tertiary/aromatic N) is 2. The molecule has 0 unspecified atom stereocenters. The first-order valence-corrected chi connectivity index (χ1v) is 11.7. The van der Waals surface area contributed by atoms with Crippen LogP contribution in [0.25, 0.3) is 0 Å². The summed E-state index contributed by atoms with van der Waals surface area (Å²) >= 11 is 0. The molecule has 2 aliphatic carbocycles. The van der Waals surface area contributed by atoms with Crippen molar-refractivity contribution in [1.29, 1.82) is 0 Å². The molecule has 2 saturated carbocycles. The number of urea groups is 1. The van der Waals surface area contributed by atoms with Crippen LogP contribution in [0.1, 0.15) is 76.2 Å². The molecular formula is C24H32FN3O3. The van der Waals surface area contributed by atoms with Crippen molar-refractivity contribution in [2.75, 3.05) is 6.54 Å². The molecule has 0 bridgehead atoms. The lowest BCUT2D eigenvalue weighted by molar-refractivity contribution is -0.141. The fourth-order valence-electron chi connectivity index (χ4n) is 5.32. The summed E-state index contributed by atoms with van der Waals surface area (Å²) in [6, 6.07) is 5.79. The molecule has 4 rings (SSSR count). The average molecular weight is 430 g/mol. The topological polar surface area (TPSA) is 69.7 Å². The van der Waals surface area contributed by atoms with Gasteiger partial charge in [0.1, 0.15) is 17.9 Å². The second-order valence-corrected chi connectivity index (χ2v) is 9.26. The molecule has 1 aliphatic heterocycles. The maximum Gasteiger partial charge on any atom is 0.325 e. The number of carbonyl (C=O) groups excluding carboxylic acids is 3. The zero-order chi connectivity index (χ0) is 21.8. The monoisotopic (exact) mass is 429 g/mol. The summed E-state index contributed by atoms with van der Waals surface area (Å²) in [6.07, 6.45) is 10.3. The zero-order valence-corrected chi connectivity index (χ0v) is 18.1. The number of hydrogen-bond donors (Lipinski definition) is 1. The van der Waals surface area contributed by atoms with Crippen molar-refractivity contribution in [3.8, 4) is 0 Å². The van der Waals surface area contributed by atoms with Crippen LogP contribution in [0.4, 0.5) is 9.18 Å². The summed E-state index contributed by atoms with van der Waals surface area (Å²) in [4.78, 5) is 42.2. The van der Waals surface area contributed by atoms with E-state index < -0.39 is 11.6 Å². The lowest BCUT2D eigenvalue weighted by Crippen LogP contribution is -2.49. The maximum atomic E-state index is 13.4. The summed E-state index contributed by atoms with van der Waals surface area (Å²) in [6.45, 7) is 0.128. The lowest BCUT2D eigenvalue weighted by atomic mass is 9.90. The second kappa shape index (κ2) is 9.37. The van der Waals surface area contributed by atoms with Crippen molar-refractivity contribution >= 4 is 17.8 Å². The van der Waals surface area contributed by atoms with Crippen LogP contribution in [-0.4, -0.2) is 45.8 Å². The highest BCUT2D eigenvalue weighted by atomic mass is 19.1. The normalized spacial score (nSPS) is 21.8. The molecule has 1 N–H and O–H groups in total. The van der Waals surface area contributed by atoms with Crippen molar-refractivity contribution < 1.29 is 18.8 Å². The first-order chi connectivity index (χ1) is 15.0. The van der Waals surface area contributed by atoms with Crippen LogP contribution in [0.3, 0.4) is 0 Å². The predicted molar refractivity (Wildman–Crippen MR) is 115 cm³/mol. The molecule has 3 fully saturated rings. The minimum Gasteiger partial charge on any atom is -0.334 e. The van der Waals surface area contributed by atoms with Crippen LogP contribution < -0.4 is 5.32 Å². The van der Waals surface area contributed by atoms with Gasteiger partial charge < -0.3 is 10.2 Å². The van der Waals surface area contributed by atoms with Crippen molar-refractivity contribution in [2.24, 2.45) is 0 Å². The number of nitrogens with one attached hydrogen (secondary N) is 1. The molecule has 3 aliphatic rings. The van der Waals surface area contributed by atoms with Crippen molar-refractivity contribution in [2.45, 2.75) is 88.8 Å². The molecule has 7 heteroatoms. The minimum absolute atomic E-state index is 0.0823. The van der Waals surface area contributed by atoms with Crippen LogP contribution in [0.15, 0.2) is 24.3 Å². The van der Waals surface area contributed by atoms with Gasteiger partial charge in [-0.05, 0) is 43.4 Å². The molecule has 168 valence electrons. The van der Waals surface area contributed by atoms with Gasteiger partial charge in [0.05, 0.1) is 0 Å². The highest BCUT2D eigenvalue weighted by Crippen LogP contribution is 2.33. The third-order valence-electron chi connectivity index (χ3n) is 7.10. The van der Waals surface area contributed by atoms with Gasteiger partial charge in [-0.1, -0.05) is 57.1 Å². The minimum atomic E-state index is -0.833. The van der Waals surface area contributed by atoms with E-state index in [0.29, 0.717) is 19.4 Å². The zero-order valence-electron chi connectivity index (χ0n) is 18.1. The summed E-state index contributed by atoms with van der Waals surface area (Å²) in [5, 5.41) is 2.91. The van der Waals surface area contributed by atoms with Crippen LogP contribution >= 0.6 is 0 Å². The Morgan fingerprint density at radius 3 is 2.26 bits per heavy atom. The van der Waals surface area contributed by atoms with Crippen LogP contribution in [0.2, 0.25) is 0 Å². The van der Waals surface area contributed by atoms with Gasteiger partial charge in [0.15, 0.2) is 0 Å². The van der Waals surface area contributed by atoms with Gasteiger partial charge in [-0.15, -0.1) is 0 Å². The molecule has 1 aromatic carbocycles. The molecule has 6 nitrogen and oxygen atoms in total. The molecule has 0 radical (unpaired) electrons. The van der Waals surface area contributed by atoms with Gasteiger partial charge in [-0.3, -0.25) is 14.5 Å². The Balaban J connectivity index is 1.50. The van der Waals surface area contributed by atoms with E-state index in [4.69, 9.17) is 0 Å². The highest BCUT2D eigenvalue weighted by Gasteiger charge is 2.51.